The van der Waals surface area contributed by atoms with Gasteiger partial charge in [-0.05, 0) is 19.2 Å². The Morgan fingerprint density at radius 3 is 3.06 bits per heavy atom. The first-order valence-electron chi connectivity index (χ1n) is 6.01. The van der Waals surface area contributed by atoms with E-state index in [1.165, 1.54) is 5.69 Å². The van der Waals surface area contributed by atoms with Crippen LogP contribution in [0.15, 0.2) is 24.3 Å². The highest BCUT2D eigenvalue weighted by Gasteiger charge is 2.29. The summed E-state index contributed by atoms with van der Waals surface area (Å²) in [5.41, 5.74) is 1.28. The summed E-state index contributed by atoms with van der Waals surface area (Å²) < 4.78 is 5.82. The molecule has 0 bridgehead atoms. The highest BCUT2D eigenvalue weighted by molar-refractivity contribution is 5.60. The monoisotopic (exact) mass is 218 g/mol. The van der Waals surface area contributed by atoms with Gasteiger partial charge in [-0.3, -0.25) is 0 Å². The molecule has 0 saturated carbocycles. The molecule has 1 aromatic carbocycles. The zero-order valence-corrected chi connectivity index (χ0v) is 9.72. The van der Waals surface area contributed by atoms with Crippen LogP contribution in [-0.2, 0) is 0 Å². The fraction of sp³-hybridized carbons (Fsp3) is 0.538. The Kier molecular flexibility index (Phi) is 2.48. The van der Waals surface area contributed by atoms with Crippen LogP contribution in [0.5, 0.6) is 5.75 Å². The van der Waals surface area contributed by atoms with Crippen LogP contribution in [0.1, 0.15) is 6.42 Å². The molecule has 1 saturated heterocycles. The van der Waals surface area contributed by atoms with E-state index in [0.29, 0.717) is 6.04 Å². The number of anilines is 1. The van der Waals surface area contributed by atoms with Gasteiger partial charge in [0, 0.05) is 32.1 Å². The Labute approximate surface area is 96.6 Å². The molecule has 3 heteroatoms. The van der Waals surface area contributed by atoms with Crippen molar-refractivity contribution in [2.24, 2.45) is 0 Å². The molecule has 3 rings (SSSR count). The van der Waals surface area contributed by atoms with Crippen molar-refractivity contribution in [2.45, 2.75) is 12.5 Å². The second kappa shape index (κ2) is 3.98. The SMILES string of the molecule is CN1CCN2c3ccccc3OCC[C@@H]2C1. The summed E-state index contributed by atoms with van der Waals surface area (Å²) in [5, 5.41) is 0. The minimum Gasteiger partial charge on any atom is -0.491 e. The maximum atomic E-state index is 5.82. The Bertz CT molecular complexity index is 380. The molecule has 0 unspecified atom stereocenters. The summed E-state index contributed by atoms with van der Waals surface area (Å²) in [5.74, 6) is 1.05. The van der Waals surface area contributed by atoms with Crippen molar-refractivity contribution in [3.05, 3.63) is 24.3 Å². The topological polar surface area (TPSA) is 15.7 Å². The number of ether oxygens (including phenoxy) is 1. The average Bonchev–Trinajstić information content (AvgIpc) is 2.47. The molecule has 86 valence electrons. The zero-order chi connectivity index (χ0) is 11.0. The molecule has 2 aliphatic rings. The van der Waals surface area contributed by atoms with Crippen LogP contribution >= 0.6 is 0 Å². The summed E-state index contributed by atoms with van der Waals surface area (Å²) in [6, 6.07) is 9.02. The lowest BCUT2D eigenvalue weighted by molar-refractivity contribution is 0.242. The predicted molar refractivity (Wildman–Crippen MR) is 65.2 cm³/mol. The normalized spacial score (nSPS) is 25.3. The van der Waals surface area contributed by atoms with Gasteiger partial charge in [-0.2, -0.15) is 0 Å². The number of hydrogen-bond donors (Lipinski definition) is 0. The number of rotatable bonds is 0. The lowest BCUT2D eigenvalue weighted by Gasteiger charge is -2.40. The summed E-state index contributed by atoms with van der Waals surface area (Å²) in [7, 11) is 2.20. The third-order valence-electron chi connectivity index (χ3n) is 3.57. The Hall–Kier alpha value is -1.22. The standard InChI is InChI=1S/C13H18N2O/c1-14-7-8-15-11(10-14)6-9-16-13-5-3-2-4-12(13)15/h2-5,11H,6-10H2,1H3/t11-/m1/s1. The summed E-state index contributed by atoms with van der Waals surface area (Å²) in [4.78, 5) is 4.93. The average molecular weight is 218 g/mol. The predicted octanol–water partition coefficient (Wildman–Crippen LogP) is 1.59. The molecular formula is C13H18N2O. The highest BCUT2D eigenvalue weighted by atomic mass is 16.5. The third-order valence-corrected chi connectivity index (χ3v) is 3.57. The quantitative estimate of drug-likeness (QED) is 0.657. The maximum Gasteiger partial charge on any atom is 0.142 e. The molecule has 0 radical (unpaired) electrons. The molecule has 16 heavy (non-hydrogen) atoms. The molecule has 1 fully saturated rings. The lowest BCUT2D eigenvalue weighted by atomic mass is 10.1. The molecule has 0 aliphatic carbocycles. The van der Waals surface area contributed by atoms with E-state index in [2.05, 4.69) is 41.1 Å². The van der Waals surface area contributed by atoms with E-state index >= 15 is 0 Å². The molecular weight excluding hydrogens is 200 g/mol. The first kappa shape index (κ1) is 9.97. The van der Waals surface area contributed by atoms with Crippen LogP contribution in [-0.4, -0.2) is 44.2 Å². The molecule has 2 aliphatic heterocycles. The van der Waals surface area contributed by atoms with Gasteiger partial charge >= 0.3 is 0 Å². The molecule has 1 atom stereocenters. The Balaban J connectivity index is 1.95. The molecule has 0 N–H and O–H groups in total. The number of likely N-dealkylation sites (N-methyl/N-ethyl adjacent to an activating group) is 1. The van der Waals surface area contributed by atoms with E-state index < -0.39 is 0 Å². The molecule has 0 aromatic heterocycles. The van der Waals surface area contributed by atoms with E-state index in [-0.39, 0.29) is 0 Å². The zero-order valence-electron chi connectivity index (χ0n) is 9.72. The van der Waals surface area contributed by atoms with Crippen molar-refractivity contribution < 1.29 is 4.74 Å². The van der Waals surface area contributed by atoms with Crippen molar-refractivity contribution in [1.82, 2.24) is 4.90 Å². The van der Waals surface area contributed by atoms with Crippen LogP contribution < -0.4 is 9.64 Å². The van der Waals surface area contributed by atoms with Crippen LogP contribution in [0, 0.1) is 0 Å². The van der Waals surface area contributed by atoms with Gasteiger partial charge in [-0.1, -0.05) is 12.1 Å². The van der Waals surface area contributed by atoms with Crippen molar-refractivity contribution in [1.29, 1.82) is 0 Å². The lowest BCUT2D eigenvalue weighted by Crippen LogP contribution is -2.51. The summed E-state index contributed by atoms with van der Waals surface area (Å²) in [6.45, 7) is 4.25. The first-order valence-corrected chi connectivity index (χ1v) is 6.01. The smallest absolute Gasteiger partial charge is 0.142 e. The van der Waals surface area contributed by atoms with Gasteiger partial charge in [-0.15, -0.1) is 0 Å². The number of hydrogen-bond acceptors (Lipinski definition) is 3. The molecule has 2 heterocycles. The second-order valence-electron chi connectivity index (χ2n) is 4.71. The molecule has 3 nitrogen and oxygen atoms in total. The van der Waals surface area contributed by atoms with E-state index in [0.717, 1.165) is 38.4 Å². The van der Waals surface area contributed by atoms with Crippen LogP contribution in [0.4, 0.5) is 5.69 Å². The van der Waals surface area contributed by atoms with E-state index in [1.54, 1.807) is 0 Å². The summed E-state index contributed by atoms with van der Waals surface area (Å²) >= 11 is 0. The van der Waals surface area contributed by atoms with Gasteiger partial charge in [0.25, 0.3) is 0 Å². The van der Waals surface area contributed by atoms with Gasteiger partial charge < -0.3 is 14.5 Å². The van der Waals surface area contributed by atoms with Crippen molar-refractivity contribution >= 4 is 5.69 Å². The largest absolute Gasteiger partial charge is 0.491 e. The van der Waals surface area contributed by atoms with Crippen molar-refractivity contribution in [2.75, 3.05) is 38.2 Å². The van der Waals surface area contributed by atoms with Crippen molar-refractivity contribution in [3.8, 4) is 5.75 Å². The molecule has 0 amide bonds. The third kappa shape index (κ3) is 1.65. The number of para-hydroxylation sites is 2. The van der Waals surface area contributed by atoms with Crippen LogP contribution in [0.25, 0.3) is 0 Å². The number of piperazine rings is 1. The second-order valence-corrected chi connectivity index (χ2v) is 4.71. The fourth-order valence-corrected chi connectivity index (χ4v) is 2.70. The highest BCUT2D eigenvalue weighted by Crippen LogP contribution is 2.33. The van der Waals surface area contributed by atoms with Gasteiger partial charge in [0.1, 0.15) is 5.75 Å². The van der Waals surface area contributed by atoms with Crippen LogP contribution in [0.3, 0.4) is 0 Å². The van der Waals surface area contributed by atoms with E-state index in [4.69, 9.17) is 4.74 Å². The van der Waals surface area contributed by atoms with Gasteiger partial charge in [0.15, 0.2) is 0 Å². The molecule has 0 spiro atoms. The number of fused-ring (bicyclic) bond motifs is 3. The summed E-state index contributed by atoms with van der Waals surface area (Å²) in [6.07, 6.45) is 1.12. The number of nitrogens with zero attached hydrogens (tertiary/aromatic N) is 2. The Morgan fingerprint density at radius 1 is 1.25 bits per heavy atom. The minimum absolute atomic E-state index is 0.613. The minimum atomic E-state index is 0.613. The number of benzene rings is 1. The fourth-order valence-electron chi connectivity index (χ4n) is 2.70. The van der Waals surface area contributed by atoms with Gasteiger partial charge in [-0.25, -0.2) is 0 Å². The van der Waals surface area contributed by atoms with E-state index in [9.17, 15) is 0 Å². The van der Waals surface area contributed by atoms with Gasteiger partial charge in [0.2, 0.25) is 0 Å². The van der Waals surface area contributed by atoms with Crippen LogP contribution in [0.2, 0.25) is 0 Å². The van der Waals surface area contributed by atoms with E-state index in [1.807, 2.05) is 0 Å². The molecule has 1 aromatic rings. The van der Waals surface area contributed by atoms with Gasteiger partial charge in [0.05, 0.1) is 12.3 Å². The first-order chi connectivity index (χ1) is 7.84. The van der Waals surface area contributed by atoms with Crippen molar-refractivity contribution in [3.63, 3.8) is 0 Å². The maximum absolute atomic E-state index is 5.82. The Morgan fingerprint density at radius 2 is 2.12 bits per heavy atom.